The number of phenols is 2. The van der Waals surface area contributed by atoms with Crippen LogP contribution in [-0.4, -0.2) is 16.8 Å². The van der Waals surface area contributed by atoms with Gasteiger partial charge in [-0.05, 0) is 30.7 Å². The van der Waals surface area contributed by atoms with E-state index in [-0.39, 0.29) is 16.2 Å². The average molecular weight is 173 g/mol. The van der Waals surface area contributed by atoms with Gasteiger partial charge in [0.15, 0.2) is 11.5 Å². The van der Waals surface area contributed by atoms with Crippen LogP contribution in [-0.2, 0) is 6.42 Å². The van der Waals surface area contributed by atoms with Gasteiger partial charge in [0.2, 0.25) is 0 Å². The van der Waals surface area contributed by atoms with Crippen molar-refractivity contribution in [1.82, 2.24) is 0 Å². The Hall–Kier alpha value is -1.29. The van der Waals surface area contributed by atoms with Crippen molar-refractivity contribution in [3.05, 3.63) is 23.8 Å². The molecule has 0 spiro atoms. The molecular formula is C8H12FNO2. The first-order chi connectivity index (χ1) is 5.24. The minimum Gasteiger partial charge on any atom is -0.504 e. The smallest absolute Gasteiger partial charge is 0.157 e. The monoisotopic (exact) mass is 173 g/mol. The molecule has 0 saturated heterocycles. The second-order valence-corrected chi connectivity index (χ2v) is 2.36. The summed E-state index contributed by atoms with van der Waals surface area (Å²) < 4.78 is 0. The zero-order valence-corrected chi connectivity index (χ0v) is 6.53. The van der Waals surface area contributed by atoms with Crippen LogP contribution < -0.4 is 5.73 Å². The lowest BCUT2D eigenvalue weighted by atomic mass is 10.1. The third-order valence-electron chi connectivity index (χ3n) is 1.47. The molecule has 0 fully saturated rings. The van der Waals surface area contributed by atoms with Crippen LogP contribution in [0.2, 0.25) is 0 Å². The van der Waals surface area contributed by atoms with Gasteiger partial charge in [0.05, 0.1) is 0 Å². The minimum absolute atomic E-state index is 0. The van der Waals surface area contributed by atoms with Crippen LogP contribution in [0.15, 0.2) is 18.2 Å². The molecule has 0 amide bonds. The molecule has 0 heterocycles. The molecule has 0 atom stereocenters. The van der Waals surface area contributed by atoms with Crippen LogP contribution >= 0.6 is 0 Å². The van der Waals surface area contributed by atoms with Crippen LogP contribution in [0.25, 0.3) is 0 Å². The van der Waals surface area contributed by atoms with Crippen molar-refractivity contribution in [2.45, 2.75) is 6.42 Å². The van der Waals surface area contributed by atoms with Crippen LogP contribution in [0.1, 0.15) is 5.56 Å². The first-order valence-electron chi connectivity index (χ1n) is 3.45. The average Bonchev–Trinajstić information content (AvgIpc) is 1.98. The minimum atomic E-state index is -0.0919. The van der Waals surface area contributed by atoms with E-state index in [4.69, 9.17) is 15.9 Å². The van der Waals surface area contributed by atoms with Crippen molar-refractivity contribution in [3.63, 3.8) is 0 Å². The Morgan fingerprint density at radius 3 is 2.33 bits per heavy atom. The SMILES string of the molecule is F.NCCc1ccc(O)c(O)c1. The molecule has 0 bridgehead atoms. The lowest BCUT2D eigenvalue weighted by Crippen LogP contribution is -2.02. The predicted molar refractivity (Wildman–Crippen MR) is 45.0 cm³/mol. The number of phenolic OH excluding ortho intramolecular Hbond substituents is 2. The molecule has 0 unspecified atom stereocenters. The molecule has 1 aromatic rings. The van der Waals surface area contributed by atoms with E-state index in [1.54, 1.807) is 6.07 Å². The van der Waals surface area contributed by atoms with Gasteiger partial charge < -0.3 is 15.9 Å². The molecule has 3 nitrogen and oxygen atoms in total. The molecule has 4 N–H and O–H groups in total. The van der Waals surface area contributed by atoms with Crippen molar-refractivity contribution in [2.75, 3.05) is 6.54 Å². The van der Waals surface area contributed by atoms with Crippen LogP contribution in [0.4, 0.5) is 4.70 Å². The Kier molecular flexibility index (Phi) is 4.07. The Bertz CT molecular complexity index is 253. The maximum Gasteiger partial charge on any atom is 0.157 e. The van der Waals surface area contributed by atoms with E-state index in [9.17, 15) is 0 Å². The summed E-state index contributed by atoms with van der Waals surface area (Å²) in [5, 5.41) is 18.0. The highest BCUT2D eigenvalue weighted by atomic mass is 19.0. The van der Waals surface area contributed by atoms with E-state index >= 15 is 0 Å². The van der Waals surface area contributed by atoms with Gasteiger partial charge in [0.25, 0.3) is 0 Å². The second kappa shape index (κ2) is 4.56. The normalized spacial score (nSPS) is 9.08. The molecule has 4 heteroatoms. The van der Waals surface area contributed by atoms with E-state index < -0.39 is 0 Å². The van der Waals surface area contributed by atoms with E-state index in [1.165, 1.54) is 12.1 Å². The van der Waals surface area contributed by atoms with Crippen LogP contribution in [0, 0.1) is 0 Å². The van der Waals surface area contributed by atoms with Gasteiger partial charge in [0.1, 0.15) is 0 Å². The predicted octanol–water partition coefficient (Wildman–Crippen LogP) is 0.752. The number of rotatable bonds is 2. The maximum atomic E-state index is 9.04. The lowest BCUT2D eigenvalue weighted by Gasteiger charge is -2.00. The molecule has 0 aliphatic carbocycles. The molecule has 0 aliphatic heterocycles. The number of hydrogen-bond donors (Lipinski definition) is 3. The molecule has 68 valence electrons. The summed E-state index contributed by atoms with van der Waals surface area (Å²) in [6.45, 7) is 0.546. The van der Waals surface area contributed by atoms with Gasteiger partial charge >= 0.3 is 0 Å². The molecule has 0 radical (unpaired) electrons. The van der Waals surface area contributed by atoms with E-state index in [2.05, 4.69) is 0 Å². The van der Waals surface area contributed by atoms with Crippen LogP contribution in [0.5, 0.6) is 11.5 Å². The van der Waals surface area contributed by atoms with Crippen molar-refractivity contribution >= 4 is 0 Å². The first-order valence-corrected chi connectivity index (χ1v) is 3.45. The fourth-order valence-electron chi connectivity index (χ4n) is 0.891. The molecule has 0 aromatic heterocycles. The number of hydrogen-bond acceptors (Lipinski definition) is 3. The highest BCUT2D eigenvalue weighted by Gasteiger charge is 1.98. The number of benzene rings is 1. The van der Waals surface area contributed by atoms with Crippen molar-refractivity contribution in [2.24, 2.45) is 5.73 Å². The second-order valence-electron chi connectivity index (χ2n) is 2.36. The zero-order valence-electron chi connectivity index (χ0n) is 6.53. The fraction of sp³-hybridized carbons (Fsp3) is 0.250. The summed E-state index contributed by atoms with van der Waals surface area (Å²) in [5.74, 6) is -0.179. The van der Waals surface area contributed by atoms with Gasteiger partial charge in [-0.1, -0.05) is 6.07 Å². The largest absolute Gasteiger partial charge is 0.504 e. The Morgan fingerprint density at radius 2 is 1.83 bits per heavy atom. The quantitative estimate of drug-likeness (QED) is 0.578. The standard InChI is InChI=1S/C8H11NO2.FH/c9-4-3-6-1-2-7(10)8(11)5-6;/h1-2,5,10-11H,3-4,9H2;1H. The maximum absolute atomic E-state index is 9.04. The molecule has 12 heavy (non-hydrogen) atoms. The number of halogens is 1. The summed E-state index contributed by atoms with van der Waals surface area (Å²) in [6, 6.07) is 4.71. The Balaban J connectivity index is 0.00000121. The summed E-state index contributed by atoms with van der Waals surface area (Å²) in [4.78, 5) is 0. The van der Waals surface area contributed by atoms with E-state index in [0.717, 1.165) is 5.56 Å². The van der Waals surface area contributed by atoms with Crippen molar-refractivity contribution in [3.8, 4) is 11.5 Å². The molecular weight excluding hydrogens is 161 g/mol. The van der Waals surface area contributed by atoms with Crippen molar-refractivity contribution < 1.29 is 14.9 Å². The van der Waals surface area contributed by atoms with E-state index in [1.807, 2.05) is 0 Å². The number of aromatic hydroxyl groups is 2. The Morgan fingerprint density at radius 1 is 1.17 bits per heavy atom. The third kappa shape index (κ3) is 2.39. The van der Waals surface area contributed by atoms with Gasteiger partial charge in [-0.2, -0.15) is 0 Å². The van der Waals surface area contributed by atoms with Gasteiger partial charge in [-0.15, -0.1) is 0 Å². The molecule has 0 saturated carbocycles. The molecule has 1 rings (SSSR count). The summed E-state index contributed by atoms with van der Waals surface area (Å²) in [6.07, 6.45) is 0.716. The van der Waals surface area contributed by atoms with Gasteiger partial charge in [-0.25, -0.2) is 0 Å². The zero-order chi connectivity index (χ0) is 8.27. The third-order valence-corrected chi connectivity index (χ3v) is 1.47. The highest BCUT2D eigenvalue weighted by Crippen LogP contribution is 2.24. The fourth-order valence-corrected chi connectivity index (χ4v) is 0.891. The van der Waals surface area contributed by atoms with Crippen LogP contribution in [0.3, 0.4) is 0 Å². The number of nitrogens with two attached hydrogens (primary N) is 1. The molecule has 1 aromatic carbocycles. The Labute approximate surface area is 69.8 Å². The van der Waals surface area contributed by atoms with Crippen molar-refractivity contribution in [1.29, 1.82) is 0 Å². The van der Waals surface area contributed by atoms with E-state index in [0.29, 0.717) is 13.0 Å². The first kappa shape index (κ1) is 10.7. The summed E-state index contributed by atoms with van der Waals surface area (Å²) in [7, 11) is 0. The van der Waals surface area contributed by atoms with Gasteiger partial charge in [0, 0.05) is 0 Å². The van der Waals surface area contributed by atoms with Gasteiger partial charge in [-0.3, -0.25) is 4.70 Å². The summed E-state index contributed by atoms with van der Waals surface area (Å²) >= 11 is 0. The lowest BCUT2D eigenvalue weighted by molar-refractivity contribution is 0.403. The summed E-state index contributed by atoms with van der Waals surface area (Å²) in [5.41, 5.74) is 6.24. The molecule has 0 aliphatic rings. The highest BCUT2D eigenvalue weighted by molar-refractivity contribution is 5.40. The topological polar surface area (TPSA) is 66.5 Å².